The first-order valence-electron chi connectivity index (χ1n) is 5.51. The molecule has 1 amide bonds. The highest BCUT2D eigenvalue weighted by atomic mass is 16.4. The maximum absolute atomic E-state index is 12.1. The molecule has 1 rings (SSSR count). The third kappa shape index (κ3) is 2.35. The van der Waals surface area contributed by atoms with E-state index in [0.717, 1.165) is 0 Å². The van der Waals surface area contributed by atoms with Gasteiger partial charge < -0.3 is 15.1 Å². The van der Waals surface area contributed by atoms with E-state index in [2.05, 4.69) is 0 Å². The molecule has 0 radical (unpaired) electrons. The fraction of sp³-hybridized carbons (Fsp3) is 0.818. The van der Waals surface area contributed by atoms with E-state index in [-0.39, 0.29) is 18.9 Å². The molecule has 0 aliphatic carbocycles. The van der Waals surface area contributed by atoms with Crippen LogP contribution < -0.4 is 0 Å². The molecule has 2 atom stereocenters. The van der Waals surface area contributed by atoms with Crippen molar-refractivity contribution >= 4 is 11.9 Å². The minimum atomic E-state index is -1.04. The molecule has 2 unspecified atom stereocenters. The smallest absolute Gasteiger partial charge is 0.326 e. The predicted octanol–water partition coefficient (Wildman–Crippen LogP) is 0.469. The van der Waals surface area contributed by atoms with Crippen LogP contribution in [-0.4, -0.2) is 45.7 Å². The second kappa shape index (κ2) is 4.41. The molecule has 1 fully saturated rings. The van der Waals surface area contributed by atoms with Crippen LogP contribution in [0.4, 0.5) is 0 Å². The fourth-order valence-electron chi connectivity index (χ4n) is 1.81. The van der Waals surface area contributed by atoms with Crippen molar-refractivity contribution in [3.8, 4) is 0 Å². The summed E-state index contributed by atoms with van der Waals surface area (Å²) >= 11 is 0. The molecule has 0 aromatic heterocycles. The Bertz CT molecular complexity index is 300. The highest BCUT2D eigenvalue weighted by Gasteiger charge is 2.43. The highest BCUT2D eigenvalue weighted by molar-refractivity contribution is 5.87. The molecular formula is C11H19NO4. The number of carbonyl (C=O) groups is 2. The monoisotopic (exact) mass is 229 g/mol. The quantitative estimate of drug-likeness (QED) is 0.737. The number of hydrogen-bond acceptors (Lipinski definition) is 3. The molecule has 0 aromatic rings. The molecule has 1 aliphatic heterocycles. The molecule has 5 heteroatoms. The first-order chi connectivity index (χ1) is 7.29. The van der Waals surface area contributed by atoms with Crippen molar-refractivity contribution in [1.29, 1.82) is 0 Å². The van der Waals surface area contributed by atoms with Crippen LogP contribution in [-0.2, 0) is 9.59 Å². The molecule has 16 heavy (non-hydrogen) atoms. The summed E-state index contributed by atoms with van der Waals surface area (Å²) < 4.78 is 0. The van der Waals surface area contributed by atoms with Crippen LogP contribution in [0.1, 0.15) is 33.6 Å². The Balaban J connectivity index is 2.86. The van der Waals surface area contributed by atoms with Gasteiger partial charge in [-0.2, -0.15) is 0 Å². The number of likely N-dealkylation sites (tertiary alicyclic amines) is 1. The number of aliphatic hydroxyl groups excluding tert-OH is 1. The van der Waals surface area contributed by atoms with E-state index in [0.29, 0.717) is 6.42 Å². The summed E-state index contributed by atoms with van der Waals surface area (Å²) in [7, 11) is 0. The Morgan fingerprint density at radius 3 is 2.44 bits per heavy atom. The average molecular weight is 229 g/mol. The number of rotatable bonds is 3. The van der Waals surface area contributed by atoms with E-state index in [1.165, 1.54) is 4.90 Å². The number of hydrogen-bond donors (Lipinski definition) is 2. The summed E-state index contributed by atoms with van der Waals surface area (Å²) in [5, 5.41) is 18.4. The lowest BCUT2D eigenvalue weighted by Gasteiger charge is -2.30. The minimum absolute atomic E-state index is 0.124. The normalized spacial score (nSPS) is 25.9. The third-order valence-corrected chi connectivity index (χ3v) is 3.29. The zero-order chi connectivity index (χ0) is 12.5. The molecule has 92 valence electrons. The minimum Gasteiger partial charge on any atom is -0.480 e. The zero-order valence-electron chi connectivity index (χ0n) is 9.93. The number of aliphatic carboxylic acids is 1. The van der Waals surface area contributed by atoms with Gasteiger partial charge in [-0.15, -0.1) is 0 Å². The Morgan fingerprint density at radius 1 is 1.44 bits per heavy atom. The van der Waals surface area contributed by atoms with Gasteiger partial charge in [-0.3, -0.25) is 4.79 Å². The van der Waals surface area contributed by atoms with E-state index in [4.69, 9.17) is 5.11 Å². The number of carboxylic acid groups (broad SMARTS) is 1. The maximum atomic E-state index is 12.1. The molecular weight excluding hydrogens is 210 g/mol. The van der Waals surface area contributed by atoms with Crippen LogP contribution in [0.5, 0.6) is 0 Å². The van der Waals surface area contributed by atoms with E-state index >= 15 is 0 Å². The van der Waals surface area contributed by atoms with Gasteiger partial charge in [-0.05, 0) is 6.42 Å². The summed E-state index contributed by atoms with van der Waals surface area (Å²) in [6.45, 7) is 5.59. The topological polar surface area (TPSA) is 77.8 Å². The van der Waals surface area contributed by atoms with Crippen LogP contribution in [0.15, 0.2) is 0 Å². The zero-order valence-corrected chi connectivity index (χ0v) is 9.93. The lowest BCUT2D eigenvalue weighted by molar-refractivity contribution is -0.152. The van der Waals surface area contributed by atoms with Gasteiger partial charge in [-0.1, -0.05) is 20.8 Å². The van der Waals surface area contributed by atoms with Crippen LogP contribution in [0.3, 0.4) is 0 Å². The summed E-state index contributed by atoms with van der Waals surface area (Å²) in [6.07, 6.45) is 0.0451. The largest absolute Gasteiger partial charge is 0.480 e. The van der Waals surface area contributed by atoms with E-state index in [1.54, 1.807) is 13.8 Å². The molecule has 0 bridgehead atoms. The van der Waals surface area contributed by atoms with Gasteiger partial charge in [0.2, 0.25) is 5.91 Å². The molecule has 0 saturated carbocycles. The Labute approximate surface area is 95.1 Å². The highest BCUT2D eigenvalue weighted by Crippen LogP contribution is 2.28. The van der Waals surface area contributed by atoms with Crippen molar-refractivity contribution in [2.45, 2.75) is 45.8 Å². The Kier molecular flexibility index (Phi) is 3.57. The van der Waals surface area contributed by atoms with Crippen molar-refractivity contribution in [1.82, 2.24) is 4.90 Å². The van der Waals surface area contributed by atoms with Crippen molar-refractivity contribution in [3.63, 3.8) is 0 Å². The molecule has 5 nitrogen and oxygen atoms in total. The number of aliphatic hydroxyl groups is 1. The number of carbonyl (C=O) groups excluding carboxylic acids is 1. The average Bonchev–Trinajstić information content (AvgIpc) is 2.59. The van der Waals surface area contributed by atoms with Crippen molar-refractivity contribution in [3.05, 3.63) is 0 Å². The molecule has 1 aliphatic rings. The molecule has 0 aromatic carbocycles. The lowest BCUT2D eigenvalue weighted by Crippen LogP contribution is -2.46. The molecule has 1 heterocycles. The number of amides is 1. The Hall–Kier alpha value is -1.10. The van der Waals surface area contributed by atoms with E-state index < -0.39 is 23.5 Å². The van der Waals surface area contributed by atoms with Gasteiger partial charge in [0.05, 0.1) is 6.10 Å². The second-order valence-corrected chi connectivity index (χ2v) is 4.94. The van der Waals surface area contributed by atoms with Gasteiger partial charge >= 0.3 is 5.97 Å². The van der Waals surface area contributed by atoms with Gasteiger partial charge in [0, 0.05) is 18.4 Å². The van der Waals surface area contributed by atoms with Crippen molar-refractivity contribution < 1.29 is 19.8 Å². The predicted molar refractivity (Wildman–Crippen MR) is 57.8 cm³/mol. The van der Waals surface area contributed by atoms with Gasteiger partial charge in [0.15, 0.2) is 0 Å². The number of nitrogens with zero attached hydrogens (tertiary/aromatic N) is 1. The van der Waals surface area contributed by atoms with Crippen LogP contribution in [0, 0.1) is 5.41 Å². The summed E-state index contributed by atoms with van der Waals surface area (Å²) in [6, 6.07) is -0.881. The summed E-state index contributed by atoms with van der Waals surface area (Å²) in [5.41, 5.74) is -0.572. The van der Waals surface area contributed by atoms with Crippen molar-refractivity contribution in [2.75, 3.05) is 6.54 Å². The standard InChI is InChI=1S/C11H19NO4/c1-4-11(2,3)10(16)12-6-7(13)5-8(12)9(14)15/h7-8,13H,4-6H2,1-3H3,(H,14,15). The fourth-order valence-corrected chi connectivity index (χ4v) is 1.81. The lowest BCUT2D eigenvalue weighted by atomic mass is 9.88. The molecule has 2 N–H and O–H groups in total. The van der Waals surface area contributed by atoms with Gasteiger partial charge in [0.1, 0.15) is 6.04 Å². The molecule has 1 saturated heterocycles. The first-order valence-corrected chi connectivity index (χ1v) is 5.51. The third-order valence-electron chi connectivity index (χ3n) is 3.29. The van der Waals surface area contributed by atoms with Crippen LogP contribution >= 0.6 is 0 Å². The number of β-amino-alcohol motifs (C(OH)–C–C–N with tert-alkyl or cyclic N) is 1. The summed E-state index contributed by atoms with van der Waals surface area (Å²) in [4.78, 5) is 24.4. The van der Waals surface area contributed by atoms with Crippen LogP contribution in [0.25, 0.3) is 0 Å². The van der Waals surface area contributed by atoms with E-state index in [1.807, 2.05) is 6.92 Å². The number of carboxylic acids is 1. The first kappa shape index (κ1) is 13.0. The van der Waals surface area contributed by atoms with Crippen LogP contribution in [0.2, 0.25) is 0 Å². The van der Waals surface area contributed by atoms with E-state index in [9.17, 15) is 14.7 Å². The maximum Gasteiger partial charge on any atom is 0.326 e. The second-order valence-electron chi connectivity index (χ2n) is 4.94. The SMILES string of the molecule is CCC(C)(C)C(=O)N1CC(O)CC1C(=O)O. The Morgan fingerprint density at radius 2 is 2.00 bits per heavy atom. The van der Waals surface area contributed by atoms with Crippen molar-refractivity contribution in [2.24, 2.45) is 5.41 Å². The summed E-state index contributed by atoms with van der Waals surface area (Å²) in [5.74, 6) is -1.24. The van der Waals surface area contributed by atoms with Gasteiger partial charge in [0.25, 0.3) is 0 Å². The molecule has 0 spiro atoms. The van der Waals surface area contributed by atoms with Gasteiger partial charge in [-0.25, -0.2) is 4.79 Å².